The van der Waals surface area contributed by atoms with Crippen LogP contribution in [0.3, 0.4) is 0 Å². The fourth-order valence-electron chi connectivity index (χ4n) is 3.59. The smallest absolute Gasteiger partial charge is 0.317 e. The van der Waals surface area contributed by atoms with E-state index in [1.54, 1.807) is 6.08 Å². The molecule has 1 aromatic carbocycles. The Hall–Kier alpha value is -2.33. The summed E-state index contributed by atoms with van der Waals surface area (Å²) in [5, 5.41) is 6.41. The Morgan fingerprint density at radius 3 is 2.37 bits per heavy atom. The van der Waals surface area contributed by atoms with Gasteiger partial charge in [-0.15, -0.1) is 0 Å². The van der Waals surface area contributed by atoms with Crippen LogP contribution in [-0.2, 0) is 0 Å². The zero-order valence-electron chi connectivity index (χ0n) is 16.9. The van der Waals surface area contributed by atoms with Crippen LogP contribution >= 0.6 is 0 Å². The number of likely N-dealkylation sites (tertiary alicyclic amines) is 1. The van der Waals surface area contributed by atoms with Gasteiger partial charge in [-0.1, -0.05) is 50.8 Å². The first kappa shape index (κ1) is 21.0. The Balaban J connectivity index is 0.00000126. The van der Waals surface area contributed by atoms with E-state index in [0.29, 0.717) is 19.0 Å². The fraction of sp³-hybridized carbons (Fsp3) is 0.435. The van der Waals surface area contributed by atoms with Crippen molar-refractivity contribution in [1.29, 1.82) is 0 Å². The number of amides is 2. The molecule has 3 rings (SSSR count). The summed E-state index contributed by atoms with van der Waals surface area (Å²) in [5.74, 6) is 0.633. The Kier molecular flexibility index (Phi) is 8.34. The van der Waals surface area contributed by atoms with Gasteiger partial charge in [-0.05, 0) is 67.6 Å². The minimum atomic E-state index is -0.0542. The van der Waals surface area contributed by atoms with E-state index in [9.17, 15) is 4.79 Å². The van der Waals surface area contributed by atoms with Crippen molar-refractivity contribution >= 4 is 11.7 Å². The quantitative estimate of drug-likeness (QED) is 0.782. The highest BCUT2D eigenvalue weighted by Gasteiger charge is 2.25. The van der Waals surface area contributed by atoms with Gasteiger partial charge >= 0.3 is 6.03 Å². The molecule has 146 valence electrons. The minimum Gasteiger partial charge on any atom is -0.317 e. The molecular weight excluding hydrogens is 334 g/mol. The molecule has 1 aromatic rings. The SMILES string of the molecule is C=C/C=C1/CN(C(=O)Nc2ccc(C3CCNCC3)cc2)C/C1=C/C.CC. The molecule has 4 nitrogen and oxygen atoms in total. The number of allylic oxidation sites excluding steroid dienone is 3. The van der Waals surface area contributed by atoms with Crippen molar-refractivity contribution in [1.82, 2.24) is 10.2 Å². The summed E-state index contributed by atoms with van der Waals surface area (Å²) in [4.78, 5) is 14.4. The first-order valence-electron chi connectivity index (χ1n) is 10.0. The lowest BCUT2D eigenvalue weighted by atomic mass is 9.90. The summed E-state index contributed by atoms with van der Waals surface area (Å²) >= 11 is 0. The molecule has 0 aliphatic carbocycles. The molecule has 0 saturated carbocycles. The predicted octanol–water partition coefficient (Wildman–Crippen LogP) is 5.09. The van der Waals surface area contributed by atoms with Crippen LogP contribution in [-0.4, -0.2) is 37.1 Å². The Morgan fingerprint density at radius 2 is 1.78 bits per heavy atom. The average molecular weight is 368 g/mol. The van der Waals surface area contributed by atoms with E-state index in [2.05, 4.69) is 35.4 Å². The Labute approximate surface area is 164 Å². The summed E-state index contributed by atoms with van der Waals surface area (Å²) < 4.78 is 0. The molecule has 0 bridgehead atoms. The van der Waals surface area contributed by atoms with Gasteiger partial charge in [0, 0.05) is 18.8 Å². The highest BCUT2D eigenvalue weighted by molar-refractivity contribution is 5.90. The number of hydrogen-bond donors (Lipinski definition) is 2. The highest BCUT2D eigenvalue weighted by Crippen LogP contribution is 2.27. The third kappa shape index (κ3) is 5.57. The molecule has 4 heteroatoms. The number of carbonyl (C=O) groups is 1. The van der Waals surface area contributed by atoms with Crippen LogP contribution < -0.4 is 10.6 Å². The maximum atomic E-state index is 12.5. The molecule has 2 amide bonds. The molecule has 2 saturated heterocycles. The number of hydrogen-bond acceptors (Lipinski definition) is 2. The van der Waals surface area contributed by atoms with E-state index in [1.807, 2.05) is 43.9 Å². The summed E-state index contributed by atoms with van der Waals surface area (Å²) in [6.07, 6.45) is 8.20. The molecule has 2 aliphatic rings. The second-order valence-electron chi connectivity index (χ2n) is 6.67. The lowest BCUT2D eigenvalue weighted by molar-refractivity contribution is 0.224. The van der Waals surface area contributed by atoms with E-state index in [1.165, 1.54) is 24.0 Å². The van der Waals surface area contributed by atoms with E-state index >= 15 is 0 Å². The van der Waals surface area contributed by atoms with Crippen LogP contribution in [0.4, 0.5) is 10.5 Å². The molecule has 2 fully saturated rings. The second kappa shape index (κ2) is 10.7. The number of benzene rings is 1. The first-order valence-corrected chi connectivity index (χ1v) is 10.0. The molecule has 0 spiro atoms. The van der Waals surface area contributed by atoms with Crippen LogP contribution in [0.25, 0.3) is 0 Å². The van der Waals surface area contributed by atoms with E-state index < -0.39 is 0 Å². The summed E-state index contributed by atoms with van der Waals surface area (Å²) in [5.41, 5.74) is 4.57. The number of nitrogens with zero attached hydrogens (tertiary/aromatic N) is 1. The number of rotatable bonds is 3. The van der Waals surface area contributed by atoms with Crippen molar-refractivity contribution in [2.45, 2.75) is 39.5 Å². The number of anilines is 1. The van der Waals surface area contributed by atoms with E-state index in [0.717, 1.165) is 24.4 Å². The van der Waals surface area contributed by atoms with Crippen LogP contribution in [0.1, 0.15) is 45.1 Å². The molecule has 2 N–H and O–H groups in total. The van der Waals surface area contributed by atoms with Gasteiger partial charge in [-0.3, -0.25) is 0 Å². The first-order chi connectivity index (χ1) is 13.2. The third-order valence-corrected chi connectivity index (χ3v) is 5.06. The lowest BCUT2D eigenvalue weighted by Crippen LogP contribution is -2.32. The van der Waals surface area contributed by atoms with Crippen LogP contribution in [0.15, 0.2) is 60.2 Å². The molecule has 0 radical (unpaired) electrons. The van der Waals surface area contributed by atoms with Crippen LogP contribution in [0.5, 0.6) is 0 Å². The van der Waals surface area contributed by atoms with Crippen molar-refractivity contribution in [3.05, 3.63) is 65.8 Å². The van der Waals surface area contributed by atoms with Gasteiger partial charge in [0.1, 0.15) is 0 Å². The average Bonchev–Trinajstić information content (AvgIpc) is 3.14. The number of nitrogens with one attached hydrogen (secondary N) is 2. The highest BCUT2D eigenvalue weighted by atomic mass is 16.2. The minimum absolute atomic E-state index is 0.0542. The largest absolute Gasteiger partial charge is 0.322 e. The summed E-state index contributed by atoms with van der Waals surface area (Å²) in [7, 11) is 0. The predicted molar refractivity (Wildman–Crippen MR) is 115 cm³/mol. The Morgan fingerprint density at radius 1 is 1.15 bits per heavy atom. The maximum Gasteiger partial charge on any atom is 0.322 e. The molecule has 0 unspecified atom stereocenters. The molecule has 0 aromatic heterocycles. The second-order valence-corrected chi connectivity index (χ2v) is 6.67. The maximum absolute atomic E-state index is 12.5. The topological polar surface area (TPSA) is 44.4 Å². The van der Waals surface area contributed by atoms with Gasteiger partial charge < -0.3 is 15.5 Å². The Bertz CT molecular complexity index is 682. The van der Waals surface area contributed by atoms with Crippen molar-refractivity contribution < 1.29 is 4.79 Å². The molecule has 27 heavy (non-hydrogen) atoms. The van der Waals surface area contributed by atoms with Crippen LogP contribution in [0, 0.1) is 0 Å². The standard InChI is InChI=1S/C21H27N3O.C2H6/c1-3-5-19-15-24(14-16(19)4-2)21(25)23-20-8-6-17(7-9-20)18-10-12-22-13-11-18;1-2/h3-9,18,22H,1,10-15H2,2H3,(H,23,25);1-2H3/b16-4-,19-5-;. The number of urea groups is 1. The van der Waals surface area contributed by atoms with Crippen molar-refractivity contribution in [2.75, 3.05) is 31.5 Å². The number of piperidine rings is 1. The summed E-state index contributed by atoms with van der Waals surface area (Å²) in [6, 6.07) is 8.28. The molecule has 2 heterocycles. The normalized spacial score (nSPS) is 20.3. The monoisotopic (exact) mass is 367 g/mol. The van der Waals surface area contributed by atoms with Gasteiger partial charge in [0.05, 0.1) is 0 Å². The van der Waals surface area contributed by atoms with Crippen molar-refractivity contribution in [3.63, 3.8) is 0 Å². The molecule has 2 aliphatic heterocycles. The van der Waals surface area contributed by atoms with Gasteiger partial charge in [-0.2, -0.15) is 0 Å². The molecule has 0 atom stereocenters. The number of carbonyl (C=O) groups excluding carboxylic acids is 1. The summed E-state index contributed by atoms with van der Waals surface area (Å²) in [6.45, 7) is 13.2. The van der Waals surface area contributed by atoms with Gasteiger partial charge in [0.2, 0.25) is 0 Å². The van der Waals surface area contributed by atoms with E-state index in [-0.39, 0.29) is 6.03 Å². The third-order valence-electron chi connectivity index (χ3n) is 5.06. The fourth-order valence-corrected chi connectivity index (χ4v) is 3.59. The van der Waals surface area contributed by atoms with Crippen molar-refractivity contribution in [3.8, 4) is 0 Å². The molecular formula is C23H33N3O. The van der Waals surface area contributed by atoms with E-state index in [4.69, 9.17) is 0 Å². The zero-order chi connectivity index (χ0) is 19.6. The zero-order valence-corrected chi connectivity index (χ0v) is 16.9. The van der Waals surface area contributed by atoms with Gasteiger partial charge in [-0.25, -0.2) is 4.79 Å². The van der Waals surface area contributed by atoms with Gasteiger partial charge in [0.25, 0.3) is 0 Å². The lowest BCUT2D eigenvalue weighted by Gasteiger charge is -2.23. The van der Waals surface area contributed by atoms with Gasteiger partial charge in [0.15, 0.2) is 0 Å². The van der Waals surface area contributed by atoms with Crippen molar-refractivity contribution in [2.24, 2.45) is 0 Å². The van der Waals surface area contributed by atoms with Crippen LogP contribution in [0.2, 0.25) is 0 Å².